The number of nitrogens with two attached hydrogens (primary N) is 1. The normalized spacial score (nSPS) is 10.5. The van der Waals surface area contributed by atoms with Crippen LogP contribution in [0, 0.1) is 11.6 Å². The smallest absolute Gasteiger partial charge is 0.315 e. The second-order valence-corrected chi connectivity index (χ2v) is 2.64. The summed E-state index contributed by atoms with van der Waals surface area (Å²) < 4.78 is 49.1. The van der Waals surface area contributed by atoms with Crippen LogP contribution in [-0.2, 0) is 4.79 Å². The fraction of sp³-hybridized carbons (Fsp3) is 0.125. The summed E-state index contributed by atoms with van der Waals surface area (Å²) >= 11 is 0. The molecule has 0 saturated carbocycles. The Hall–Kier alpha value is -1.79. The lowest BCUT2D eigenvalue weighted by molar-refractivity contribution is -0.126. The van der Waals surface area contributed by atoms with E-state index in [2.05, 4.69) is 0 Å². The highest BCUT2D eigenvalue weighted by Gasteiger charge is 2.17. The van der Waals surface area contributed by atoms with E-state index < -0.39 is 35.3 Å². The average molecular weight is 222 g/mol. The first-order valence-corrected chi connectivity index (χ1v) is 3.75. The van der Waals surface area contributed by atoms with Gasteiger partial charge >= 0.3 is 6.43 Å². The van der Waals surface area contributed by atoms with Crippen LogP contribution in [0.25, 0.3) is 0 Å². The van der Waals surface area contributed by atoms with Crippen molar-refractivity contribution in [3.05, 3.63) is 23.8 Å². The van der Waals surface area contributed by atoms with Gasteiger partial charge < -0.3 is 11.1 Å². The molecular weight excluding hydrogens is 216 g/mol. The number of carbonyl (C=O) groups excluding carboxylic acids is 1. The number of carbonyl (C=O) groups is 1. The molecule has 0 heterocycles. The molecule has 0 aliphatic rings. The number of alkyl halides is 2. The van der Waals surface area contributed by atoms with Crippen molar-refractivity contribution in [1.82, 2.24) is 0 Å². The number of halogens is 4. The van der Waals surface area contributed by atoms with Crippen LogP contribution in [0.4, 0.5) is 28.9 Å². The first-order valence-electron chi connectivity index (χ1n) is 3.75. The van der Waals surface area contributed by atoms with Crippen LogP contribution < -0.4 is 11.1 Å². The van der Waals surface area contributed by atoms with Gasteiger partial charge in [-0.1, -0.05) is 0 Å². The molecular formula is C8H6F4N2O. The Labute approximate surface area is 81.9 Å². The number of hydrogen-bond donors (Lipinski definition) is 2. The minimum absolute atomic E-state index is 0.399. The minimum Gasteiger partial charge on any atom is -0.396 e. The SMILES string of the molecule is Nc1cc(NC(=O)C(F)F)c(F)cc1F. The number of benzene rings is 1. The first kappa shape index (κ1) is 11.3. The summed E-state index contributed by atoms with van der Waals surface area (Å²) in [6.45, 7) is 0. The molecule has 3 nitrogen and oxygen atoms in total. The maximum Gasteiger partial charge on any atom is 0.315 e. The molecule has 0 saturated heterocycles. The van der Waals surface area contributed by atoms with Crippen molar-refractivity contribution in [3.63, 3.8) is 0 Å². The monoisotopic (exact) mass is 222 g/mol. The number of rotatable bonds is 2. The van der Waals surface area contributed by atoms with E-state index in [1.165, 1.54) is 0 Å². The lowest BCUT2D eigenvalue weighted by Crippen LogP contribution is -2.21. The molecule has 1 aromatic rings. The van der Waals surface area contributed by atoms with Crippen molar-refractivity contribution in [1.29, 1.82) is 0 Å². The second kappa shape index (κ2) is 4.16. The van der Waals surface area contributed by atoms with Gasteiger partial charge in [-0.2, -0.15) is 8.78 Å². The van der Waals surface area contributed by atoms with Gasteiger partial charge in [0.1, 0.15) is 11.6 Å². The zero-order chi connectivity index (χ0) is 11.6. The molecule has 0 unspecified atom stereocenters. The lowest BCUT2D eigenvalue weighted by atomic mass is 10.2. The Bertz CT molecular complexity index is 394. The zero-order valence-corrected chi connectivity index (χ0v) is 7.23. The van der Waals surface area contributed by atoms with Crippen LogP contribution in [0.3, 0.4) is 0 Å². The Morgan fingerprint density at radius 3 is 2.40 bits per heavy atom. The molecule has 0 aromatic heterocycles. The van der Waals surface area contributed by atoms with E-state index in [1.807, 2.05) is 0 Å². The molecule has 82 valence electrons. The van der Waals surface area contributed by atoms with Crippen molar-refractivity contribution in [2.24, 2.45) is 0 Å². The third-order valence-corrected chi connectivity index (χ3v) is 1.54. The van der Waals surface area contributed by atoms with Crippen LogP contribution in [0.1, 0.15) is 0 Å². The van der Waals surface area contributed by atoms with Gasteiger partial charge in [0.25, 0.3) is 5.91 Å². The molecule has 1 rings (SSSR count). The standard InChI is InChI=1S/C8H6F4N2O/c9-3-1-4(10)6(2-5(3)13)14-8(15)7(11)12/h1-2,7H,13H2,(H,14,15). The molecule has 0 fully saturated rings. The molecule has 0 radical (unpaired) electrons. The van der Waals surface area contributed by atoms with Crippen molar-refractivity contribution >= 4 is 17.3 Å². The molecule has 1 amide bonds. The summed E-state index contributed by atoms with van der Waals surface area (Å²) in [6.07, 6.45) is -3.28. The first-order chi connectivity index (χ1) is 6.91. The summed E-state index contributed by atoms with van der Waals surface area (Å²) in [7, 11) is 0. The Morgan fingerprint density at radius 2 is 1.87 bits per heavy atom. The predicted octanol–water partition coefficient (Wildman–Crippen LogP) is 1.75. The third-order valence-electron chi connectivity index (χ3n) is 1.54. The summed E-state index contributed by atoms with van der Waals surface area (Å²) in [4.78, 5) is 10.5. The largest absolute Gasteiger partial charge is 0.396 e. The fourth-order valence-electron chi connectivity index (χ4n) is 0.849. The van der Waals surface area contributed by atoms with E-state index in [0.717, 1.165) is 6.07 Å². The fourth-order valence-corrected chi connectivity index (χ4v) is 0.849. The van der Waals surface area contributed by atoms with Gasteiger partial charge in [0, 0.05) is 6.07 Å². The van der Waals surface area contributed by atoms with E-state index in [1.54, 1.807) is 5.32 Å². The molecule has 0 bridgehead atoms. The van der Waals surface area contributed by atoms with Crippen molar-refractivity contribution in [2.45, 2.75) is 6.43 Å². The summed E-state index contributed by atoms with van der Waals surface area (Å²) in [5.41, 5.74) is 4.03. The Morgan fingerprint density at radius 1 is 1.27 bits per heavy atom. The molecule has 1 aromatic carbocycles. The van der Waals surface area contributed by atoms with Crippen molar-refractivity contribution in [3.8, 4) is 0 Å². The quantitative estimate of drug-likeness (QED) is 0.591. The number of nitrogen functional groups attached to an aromatic ring is 1. The van der Waals surface area contributed by atoms with Gasteiger partial charge in [0.15, 0.2) is 0 Å². The number of hydrogen-bond acceptors (Lipinski definition) is 2. The number of nitrogens with one attached hydrogen (secondary N) is 1. The van der Waals surface area contributed by atoms with E-state index in [0.29, 0.717) is 6.07 Å². The van der Waals surface area contributed by atoms with Crippen LogP contribution in [0.15, 0.2) is 12.1 Å². The topological polar surface area (TPSA) is 55.1 Å². The highest BCUT2D eigenvalue weighted by atomic mass is 19.3. The summed E-state index contributed by atoms with van der Waals surface area (Å²) in [6, 6.07) is 1.13. The maximum atomic E-state index is 12.9. The van der Waals surface area contributed by atoms with Gasteiger partial charge in [-0.25, -0.2) is 8.78 Å². The predicted molar refractivity (Wildman–Crippen MR) is 45.4 cm³/mol. The molecule has 15 heavy (non-hydrogen) atoms. The van der Waals surface area contributed by atoms with Gasteiger partial charge in [-0.15, -0.1) is 0 Å². The van der Waals surface area contributed by atoms with E-state index in [4.69, 9.17) is 5.73 Å². The maximum absolute atomic E-state index is 12.9. The molecule has 3 N–H and O–H groups in total. The summed E-state index contributed by atoms with van der Waals surface area (Å²) in [5, 5.41) is 1.57. The number of amides is 1. The van der Waals surface area contributed by atoms with Crippen molar-refractivity contribution < 1.29 is 22.4 Å². The molecule has 0 spiro atoms. The highest BCUT2D eigenvalue weighted by molar-refractivity contribution is 5.93. The van der Waals surface area contributed by atoms with Gasteiger partial charge in [-0.05, 0) is 6.07 Å². The molecule has 7 heteroatoms. The Balaban J connectivity index is 2.96. The van der Waals surface area contributed by atoms with Crippen LogP contribution in [0.5, 0.6) is 0 Å². The van der Waals surface area contributed by atoms with Crippen LogP contribution in [0.2, 0.25) is 0 Å². The molecule has 0 aliphatic heterocycles. The highest BCUT2D eigenvalue weighted by Crippen LogP contribution is 2.21. The second-order valence-electron chi connectivity index (χ2n) is 2.64. The van der Waals surface area contributed by atoms with E-state index in [9.17, 15) is 22.4 Å². The van der Waals surface area contributed by atoms with E-state index >= 15 is 0 Å². The minimum atomic E-state index is -3.28. The molecule has 0 atom stereocenters. The third kappa shape index (κ3) is 2.58. The molecule has 0 aliphatic carbocycles. The van der Waals surface area contributed by atoms with Gasteiger partial charge in [-0.3, -0.25) is 4.79 Å². The van der Waals surface area contributed by atoms with Gasteiger partial charge in [0.2, 0.25) is 0 Å². The Kier molecular flexibility index (Phi) is 3.13. The average Bonchev–Trinajstić information content (AvgIpc) is 2.13. The van der Waals surface area contributed by atoms with E-state index in [-0.39, 0.29) is 0 Å². The zero-order valence-electron chi connectivity index (χ0n) is 7.23. The summed E-state index contributed by atoms with van der Waals surface area (Å²) in [5.74, 6) is -3.88. The van der Waals surface area contributed by atoms with Crippen LogP contribution >= 0.6 is 0 Å². The van der Waals surface area contributed by atoms with Gasteiger partial charge in [0.05, 0.1) is 11.4 Å². The van der Waals surface area contributed by atoms with Crippen LogP contribution in [-0.4, -0.2) is 12.3 Å². The number of anilines is 2. The lowest BCUT2D eigenvalue weighted by Gasteiger charge is -2.06. The van der Waals surface area contributed by atoms with Crippen molar-refractivity contribution in [2.75, 3.05) is 11.1 Å².